The van der Waals surface area contributed by atoms with E-state index in [1.165, 1.54) is 0 Å². The second-order valence-electron chi connectivity index (χ2n) is 3.65. The summed E-state index contributed by atoms with van der Waals surface area (Å²) >= 11 is 0. The van der Waals surface area contributed by atoms with Crippen molar-refractivity contribution >= 4 is 5.91 Å². The molecule has 86 valence electrons. The number of rotatable bonds is 7. The third-order valence-corrected chi connectivity index (χ3v) is 2.37. The van der Waals surface area contributed by atoms with Gasteiger partial charge in [0.25, 0.3) is 0 Å². The minimum atomic E-state index is 0.0455. The van der Waals surface area contributed by atoms with E-state index in [1.54, 1.807) is 0 Å². The predicted octanol–water partition coefficient (Wildman–Crippen LogP) is 1.14. The summed E-state index contributed by atoms with van der Waals surface area (Å²) in [7, 11) is 0. The highest BCUT2D eigenvalue weighted by Crippen LogP contribution is 1.92. The van der Waals surface area contributed by atoms with Crippen molar-refractivity contribution in [1.82, 2.24) is 10.2 Å². The van der Waals surface area contributed by atoms with Crippen LogP contribution in [-0.4, -0.2) is 36.5 Å². The van der Waals surface area contributed by atoms with E-state index in [4.69, 9.17) is 5.26 Å². The molecule has 1 amide bonds. The molecule has 0 fully saturated rings. The van der Waals surface area contributed by atoms with Crippen LogP contribution in [0.2, 0.25) is 0 Å². The zero-order valence-electron chi connectivity index (χ0n) is 9.92. The molecule has 0 aromatic heterocycles. The maximum atomic E-state index is 11.5. The van der Waals surface area contributed by atoms with Gasteiger partial charge in [0, 0.05) is 19.0 Å². The lowest BCUT2D eigenvalue weighted by atomic mass is 10.2. The first kappa shape index (κ1) is 13.9. The molecule has 0 aliphatic carbocycles. The Labute approximate surface area is 92.3 Å². The Hall–Kier alpha value is -1.08. The molecule has 0 aliphatic rings. The summed E-state index contributed by atoms with van der Waals surface area (Å²) in [4.78, 5) is 13.5. The number of nitriles is 1. The summed E-state index contributed by atoms with van der Waals surface area (Å²) < 4.78 is 0. The zero-order chi connectivity index (χ0) is 11.7. The van der Waals surface area contributed by atoms with Crippen LogP contribution in [0.5, 0.6) is 0 Å². The van der Waals surface area contributed by atoms with Crippen LogP contribution in [0, 0.1) is 11.3 Å². The molecule has 4 heteroatoms. The SMILES string of the molecule is CCC(C)NC(=O)CN(CC)CCC#N. The van der Waals surface area contributed by atoms with E-state index in [0.717, 1.165) is 13.0 Å². The van der Waals surface area contributed by atoms with Crippen LogP contribution < -0.4 is 5.32 Å². The monoisotopic (exact) mass is 211 g/mol. The number of amides is 1. The van der Waals surface area contributed by atoms with E-state index in [9.17, 15) is 4.79 Å². The lowest BCUT2D eigenvalue weighted by molar-refractivity contribution is -0.122. The van der Waals surface area contributed by atoms with Crippen LogP contribution in [-0.2, 0) is 4.79 Å². The molecule has 0 saturated heterocycles. The molecule has 0 saturated carbocycles. The molecule has 4 nitrogen and oxygen atoms in total. The largest absolute Gasteiger partial charge is 0.353 e. The normalized spacial score (nSPS) is 12.2. The molecule has 1 unspecified atom stereocenters. The lowest BCUT2D eigenvalue weighted by Crippen LogP contribution is -2.41. The van der Waals surface area contributed by atoms with Crippen LogP contribution in [0.4, 0.5) is 0 Å². The Morgan fingerprint density at radius 3 is 2.67 bits per heavy atom. The van der Waals surface area contributed by atoms with Crippen molar-refractivity contribution in [3.63, 3.8) is 0 Å². The Kier molecular flexibility index (Phi) is 7.65. The summed E-state index contributed by atoms with van der Waals surface area (Å²) in [5.41, 5.74) is 0. The van der Waals surface area contributed by atoms with Crippen molar-refractivity contribution in [3.05, 3.63) is 0 Å². The van der Waals surface area contributed by atoms with Crippen molar-refractivity contribution < 1.29 is 4.79 Å². The van der Waals surface area contributed by atoms with Gasteiger partial charge in [-0.3, -0.25) is 9.69 Å². The number of hydrogen-bond donors (Lipinski definition) is 1. The van der Waals surface area contributed by atoms with E-state index in [1.807, 2.05) is 25.7 Å². The van der Waals surface area contributed by atoms with Crippen molar-refractivity contribution in [1.29, 1.82) is 5.26 Å². The van der Waals surface area contributed by atoms with E-state index in [-0.39, 0.29) is 11.9 Å². The first-order chi connectivity index (χ1) is 7.13. The summed E-state index contributed by atoms with van der Waals surface area (Å²) in [5.74, 6) is 0.0455. The Bertz CT molecular complexity index is 222. The van der Waals surface area contributed by atoms with Gasteiger partial charge in [-0.1, -0.05) is 13.8 Å². The van der Waals surface area contributed by atoms with E-state index in [0.29, 0.717) is 19.5 Å². The number of carbonyl (C=O) groups excluding carboxylic acids is 1. The molecule has 0 spiro atoms. The zero-order valence-corrected chi connectivity index (χ0v) is 9.92. The van der Waals surface area contributed by atoms with Crippen molar-refractivity contribution in [2.75, 3.05) is 19.6 Å². The number of carbonyl (C=O) groups is 1. The molecule has 0 aromatic carbocycles. The fraction of sp³-hybridized carbons (Fsp3) is 0.818. The van der Waals surface area contributed by atoms with Crippen molar-refractivity contribution in [2.45, 2.75) is 39.7 Å². The molecular formula is C11H21N3O. The fourth-order valence-corrected chi connectivity index (χ4v) is 1.18. The third kappa shape index (κ3) is 6.92. The van der Waals surface area contributed by atoms with Gasteiger partial charge in [0.15, 0.2) is 0 Å². The molecule has 0 heterocycles. The fourth-order valence-electron chi connectivity index (χ4n) is 1.18. The molecule has 1 N–H and O–H groups in total. The third-order valence-electron chi connectivity index (χ3n) is 2.37. The van der Waals surface area contributed by atoms with Gasteiger partial charge in [-0.05, 0) is 19.9 Å². The average Bonchev–Trinajstić information content (AvgIpc) is 2.23. The summed E-state index contributed by atoms with van der Waals surface area (Å²) in [5, 5.41) is 11.4. The molecule has 0 aromatic rings. The number of nitrogens with one attached hydrogen (secondary N) is 1. The van der Waals surface area contributed by atoms with Gasteiger partial charge in [0.2, 0.25) is 5.91 Å². The Morgan fingerprint density at radius 1 is 1.53 bits per heavy atom. The second-order valence-corrected chi connectivity index (χ2v) is 3.65. The first-order valence-electron chi connectivity index (χ1n) is 5.52. The van der Waals surface area contributed by atoms with Crippen LogP contribution in [0.15, 0.2) is 0 Å². The van der Waals surface area contributed by atoms with Gasteiger partial charge in [-0.25, -0.2) is 0 Å². The smallest absolute Gasteiger partial charge is 0.234 e. The van der Waals surface area contributed by atoms with E-state index >= 15 is 0 Å². The van der Waals surface area contributed by atoms with Gasteiger partial charge in [0.1, 0.15) is 0 Å². The van der Waals surface area contributed by atoms with Gasteiger partial charge >= 0.3 is 0 Å². The summed E-state index contributed by atoms with van der Waals surface area (Å²) in [6.07, 6.45) is 1.42. The Balaban J connectivity index is 3.86. The van der Waals surface area contributed by atoms with Crippen LogP contribution in [0.25, 0.3) is 0 Å². The van der Waals surface area contributed by atoms with Crippen LogP contribution in [0.1, 0.15) is 33.6 Å². The highest BCUT2D eigenvalue weighted by atomic mass is 16.2. The van der Waals surface area contributed by atoms with Crippen LogP contribution in [0.3, 0.4) is 0 Å². The van der Waals surface area contributed by atoms with Crippen molar-refractivity contribution in [2.24, 2.45) is 0 Å². The predicted molar refractivity (Wildman–Crippen MR) is 60.2 cm³/mol. The standard InChI is InChI=1S/C11H21N3O/c1-4-10(3)13-11(15)9-14(5-2)8-6-7-12/h10H,4-6,8-9H2,1-3H3,(H,13,15). The van der Waals surface area contributed by atoms with Gasteiger partial charge in [0.05, 0.1) is 12.6 Å². The maximum absolute atomic E-state index is 11.5. The highest BCUT2D eigenvalue weighted by Gasteiger charge is 2.10. The minimum Gasteiger partial charge on any atom is -0.353 e. The van der Waals surface area contributed by atoms with Gasteiger partial charge < -0.3 is 5.32 Å². The summed E-state index contributed by atoms with van der Waals surface area (Å²) in [6.45, 7) is 7.88. The molecule has 0 aliphatic heterocycles. The quantitative estimate of drug-likeness (QED) is 0.687. The van der Waals surface area contributed by atoms with Gasteiger partial charge in [-0.2, -0.15) is 5.26 Å². The average molecular weight is 211 g/mol. The van der Waals surface area contributed by atoms with Crippen molar-refractivity contribution in [3.8, 4) is 6.07 Å². The van der Waals surface area contributed by atoms with Crippen LogP contribution >= 0.6 is 0 Å². The molecule has 1 atom stereocenters. The highest BCUT2D eigenvalue weighted by molar-refractivity contribution is 5.78. The first-order valence-corrected chi connectivity index (χ1v) is 5.52. The second kappa shape index (κ2) is 8.25. The number of hydrogen-bond acceptors (Lipinski definition) is 3. The molecule has 0 radical (unpaired) electrons. The van der Waals surface area contributed by atoms with E-state index < -0.39 is 0 Å². The summed E-state index contributed by atoms with van der Waals surface area (Å²) in [6, 6.07) is 2.31. The van der Waals surface area contributed by atoms with Gasteiger partial charge in [-0.15, -0.1) is 0 Å². The molecule has 0 bridgehead atoms. The van der Waals surface area contributed by atoms with E-state index in [2.05, 4.69) is 11.4 Å². The molecule has 15 heavy (non-hydrogen) atoms. The maximum Gasteiger partial charge on any atom is 0.234 e. The minimum absolute atomic E-state index is 0.0455. The number of likely N-dealkylation sites (N-methyl/N-ethyl adjacent to an activating group) is 1. The molecular weight excluding hydrogens is 190 g/mol. The Morgan fingerprint density at radius 2 is 2.20 bits per heavy atom. The topological polar surface area (TPSA) is 56.1 Å². The lowest BCUT2D eigenvalue weighted by Gasteiger charge is -2.19. The number of nitrogens with zero attached hydrogens (tertiary/aromatic N) is 2. The molecule has 0 rings (SSSR count).